The Morgan fingerprint density at radius 2 is 2.00 bits per heavy atom. The normalized spacial score (nSPS) is 36.6. The molecule has 4 rings (SSSR count). The number of rotatable bonds is 1. The third-order valence-electron chi connectivity index (χ3n) is 6.52. The van der Waals surface area contributed by atoms with E-state index in [1.54, 1.807) is 18.3 Å². The highest BCUT2D eigenvalue weighted by Gasteiger charge is 2.50. The number of benzene rings is 1. The van der Waals surface area contributed by atoms with Gasteiger partial charge in [-0.2, -0.15) is 0 Å². The molecule has 1 saturated carbocycles. The Bertz CT molecular complexity index is 662. The van der Waals surface area contributed by atoms with E-state index in [1.165, 1.54) is 36.8 Å². The molecule has 3 aliphatic carbocycles. The number of hydrogen-bond donors (Lipinski definition) is 1. The quantitative estimate of drug-likeness (QED) is 0.791. The molecule has 0 spiro atoms. The maximum Gasteiger partial charge on any atom is 0.119 e. The summed E-state index contributed by atoms with van der Waals surface area (Å²) in [5.41, 5.74) is 13.3. The Morgan fingerprint density at radius 3 is 2.77 bits per heavy atom. The van der Waals surface area contributed by atoms with Crippen molar-refractivity contribution in [2.45, 2.75) is 63.3 Å². The molecule has 1 aromatic rings. The number of methoxy groups -OCH3 is 1. The first-order valence-electron chi connectivity index (χ1n) is 8.65. The van der Waals surface area contributed by atoms with Crippen molar-refractivity contribution in [1.29, 1.82) is 0 Å². The second-order valence-electron chi connectivity index (χ2n) is 7.98. The Kier molecular flexibility index (Phi) is 3.00. The highest BCUT2D eigenvalue weighted by molar-refractivity contribution is 5.53. The molecule has 2 heteroatoms. The minimum Gasteiger partial charge on any atom is -0.497 e. The van der Waals surface area contributed by atoms with Crippen molar-refractivity contribution in [2.75, 3.05) is 7.11 Å². The molecule has 1 fully saturated rings. The van der Waals surface area contributed by atoms with Crippen LogP contribution in [0.4, 0.5) is 0 Å². The summed E-state index contributed by atoms with van der Waals surface area (Å²) in [7, 11) is 1.75. The average molecular weight is 297 g/mol. The van der Waals surface area contributed by atoms with Gasteiger partial charge < -0.3 is 10.5 Å². The summed E-state index contributed by atoms with van der Waals surface area (Å²) in [6.07, 6.45) is 7.03. The molecule has 0 aliphatic heterocycles. The second-order valence-corrected chi connectivity index (χ2v) is 7.98. The molecule has 0 amide bonds. The van der Waals surface area contributed by atoms with E-state index in [0.717, 1.165) is 24.5 Å². The largest absolute Gasteiger partial charge is 0.497 e. The van der Waals surface area contributed by atoms with E-state index in [9.17, 15) is 0 Å². The van der Waals surface area contributed by atoms with Crippen LogP contribution in [0.1, 0.15) is 57.1 Å². The Hall–Kier alpha value is -1.28. The van der Waals surface area contributed by atoms with Gasteiger partial charge in [-0.1, -0.05) is 31.1 Å². The zero-order valence-electron chi connectivity index (χ0n) is 14.0. The lowest BCUT2D eigenvalue weighted by atomic mass is 9.58. The number of nitrogens with two attached hydrogens (primary N) is 1. The monoisotopic (exact) mass is 297 g/mol. The van der Waals surface area contributed by atoms with Gasteiger partial charge in [0.25, 0.3) is 0 Å². The van der Waals surface area contributed by atoms with Crippen LogP contribution in [-0.4, -0.2) is 12.6 Å². The summed E-state index contributed by atoms with van der Waals surface area (Å²) >= 11 is 0. The van der Waals surface area contributed by atoms with E-state index < -0.39 is 0 Å². The third-order valence-corrected chi connectivity index (χ3v) is 6.52. The van der Waals surface area contributed by atoms with Crippen molar-refractivity contribution < 1.29 is 4.74 Å². The Labute approximate surface area is 133 Å². The van der Waals surface area contributed by atoms with E-state index in [1.807, 2.05) is 0 Å². The topological polar surface area (TPSA) is 35.2 Å². The van der Waals surface area contributed by atoms with Crippen molar-refractivity contribution >= 4 is 0 Å². The predicted octanol–water partition coefficient (Wildman–Crippen LogP) is 4.12. The molecular weight excluding hydrogens is 270 g/mol. The van der Waals surface area contributed by atoms with Crippen molar-refractivity contribution in [3.05, 3.63) is 40.5 Å². The predicted molar refractivity (Wildman–Crippen MR) is 90.2 cm³/mol. The Balaban J connectivity index is 1.86. The molecule has 2 nitrogen and oxygen atoms in total. The van der Waals surface area contributed by atoms with Gasteiger partial charge >= 0.3 is 0 Å². The fourth-order valence-corrected chi connectivity index (χ4v) is 5.43. The van der Waals surface area contributed by atoms with Crippen molar-refractivity contribution in [1.82, 2.24) is 0 Å². The third kappa shape index (κ3) is 1.83. The standard InChI is InChI=1S/C20H27NO/c1-13-10-18-17-6-4-14-11-15(22-3)5-7-16(14)19(17,2)8-9-20(18,21)12-13/h5,7,11,13H,4,6,8-10,12,21H2,1-3H3/t13?,19?,20-/m1/s1. The van der Waals surface area contributed by atoms with Gasteiger partial charge in [-0.3, -0.25) is 0 Å². The molecule has 0 bridgehead atoms. The minimum absolute atomic E-state index is 0.00175. The number of aryl methyl sites for hydroxylation is 1. The molecule has 0 aromatic heterocycles. The van der Waals surface area contributed by atoms with Gasteiger partial charge in [0.15, 0.2) is 0 Å². The Morgan fingerprint density at radius 1 is 1.18 bits per heavy atom. The summed E-state index contributed by atoms with van der Waals surface area (Å²) in [5.74, 6) is 1.73. The summed E-state index contributed by atoms with van der Waals surface area (Å²) < 4.78 is 5.42. The van der Waals surface area contributed by atoms with Crippen LogP contribution in [0.2, 0.25) is 0 Å². The second kappa shape index (κ2) is 4.61. The first kappa shape index (κ1) is 14.3. The van der Waals surface area contributed by atoms with Crippen LogP contribution in [0.15, 0.2) is 29.3 Å². The lowest BCUT2D eigenvalue weighted by Gasteiger charge is -2.48. The van der Waals surface area contributed by atoms with Crippen molar-refractivity contribution in [2.24, 2.45) is 11.7 Å². The van der Waals surface area contributed by atoms with Crippen LogP contribution in [0, 0.1) is 5.92 Å². The van der Waals surface area contributed by atoms with Crippen molar-refractivity contribution in [3.8, 4) is 5.75 Å². The maximum atomic E-state index is 6.81. The van der Waals surface area contributed by atoms with Gasteiger partial charge in [-0.05, 0) is 67.7 Å². The van der Waals surface area contributed by atoms with Crippen LogP contribution >= 0.6 is 0 Å². The molecule has 3 aliphatic rings. The van der Waals surface area contributed by atoms with Gasteiger partial charge in [0.1, 0.15) is 5.75 Å². The number of allylic oxidation sites excluding steroid dienone is 1. The van der Waals surface area contributed by atoms with E-state index in [2.05, 4.69) is 32.0 Å². The first-order chi connectivity index (χ1) is 10.5. The molecule has 3 atom stereocenters. The average Bonchev–Trinajstić information content (AvgIpc) is 2.81. The summed E-state index contributed by atoms with van der Waals surface area (Å²) in [6, 6.07) is 6.67. The van der Waals surface area contributed by atoms with Gasteiger partial charge in [0.2, 0.25) is 0 Å². The van der Waals surface area contributed by atoms with Crippen LogP contribution in [-0.2, 0) is 11.8 Å². The van der Waals surface area contributed by atoms with E-state index in [-0.39, 0.29) is 11.0 Å². The fourth-order valence-electron chi connectivity index (χ4n) is 5.43. The summed E-state index contributed by atoms with van der Waals surface area (Å²) in [5, 5.41) is 0. The zero-order valence-corrected chi connectivity index (χ0v) is 14.0. The summed E-state index contributed by atoms with van der Waals surface area (Å²) in [4.78, 5) is 0. The van der Waals surface area contributed by atoms with E-state index in [4.69, 9.17) is 10.5 Å². The molecule has 0 radical (unpaired) electrons. The number of hydrogen-bond acceptors (Lipinski definition) is 2. The molecule has 118 valence electrons. The van der Waals surface area contributed by atoms with E-state index >= 15 is 0 Å². The smallest absolute Gasteiger partial charge is 0.119 e. The molecule has 22 heavy (non-hydrogen) atoms. The number of ether oxygens (including phenoxy) is 1. The summed E-state index contributed by atoms with van der Waals surface area (Å²) in [6.45, 7) is 4.81. The van der Waals surface area contributed by atoms with Crippen LogP contribution in [0.25, 0.3) is 0 Å². The fraction of sp³-hybridized carbons (Fsp3) is 0.600. The van der Waals surface area contributed by atoms with E-state index in [0.29, 0.717) is 0 Å². The molecule has 2 N–H and O–H groups in total. The van der Waals surface area contributed by atoms with Crippen LogP contribution < -0.4 is 10.5 Å². The highest BCUT2D eigenvalue weighted by Crippen LogP contribution is 2.56. The van der Waals surface area contributed by atoms with Crippen LogP contribution in [0.5, 0.6) is 5.75 Å². The lowest BCUT2D eigenvalue weighted by Crippen LogP contribution is -2.47. The maximum absolute atomic E-state index is 6.81. The number of fused-ring (bicyclic) bond motifs is 4. The van der Waals surface area contributed by atoms with Gasteiger partial charge in [-0.25, -0.2) is 0 Å². The minimum atomic E-state index is -0.00175. The van der Waals surface area contributed by atoms with Gasteiger partial charge in [0, 0.05) is 11.0 Å². The van der Waals surface area contributed by atoms with Crippen molar-refractivity contribution in [3.63, 3.8) is 0 Å². The SMILES string of the molecule is COc1ccc2c(c1)CCC1=C3CC(C)C[C@]3(N)CCC12C. The highest BCUT2D eigenvalue weighted by atomic mass is 16.5. The molecule has 0 heterocycles. The zero-order chi connectivity index (χ0) is 15.5. The molecule has 0 saturated heterocycles. The van der Waals surface area contributed by atoms with Gasteiger partial charge in [0.05, 0.1) is 7.11 Å². The lowest BCUT2D eigenvalue weighted by molar-refractivity contribution is 0.326. The first-order valence-corrected chi connectivity index (χ1v) is 8.65. The van der Waals surface area contributed by atoms with Gasteiger partial charge in [-0.15, -0.1) is 0 Å². The molecular formula is C20H27NO. The van der Waals surface area contributed by atoms with Crippen LogP contribution in [0.3, 0.4) is 0 Å². The molecule has 1 aromatic carbocycles. The molecule has 2 unspecified atom stereocenters.